The van der Waals surface area contributed by atoms with Crippen molar-refractivity contribution in [2.45, 2.75) is 39.5 Å². The number of aromatic nitrogens is 1. The van der Waals surface area contributed by atoms with Crippen molar-refractivity contribution in [2.24, 2.45) is 5.92 Å². The highest BCUT2D eigenvalue weighted by molar-refractivity contribution is 5.18. The molecule has 6 heteroatoms. The van der Waals surface area contributed by atoms with Crippen LogP contribution in [-0.4, -0.2) is 24.2 Å². The van der Waals surface area contributed by atoms with Gasteiger partial charge in [0.2, 0.25) is 5.88 Å². The quantitative estimate of drug-likeness (QED) is 0.724. The summed E-state index contributed by atoms with van der Waals surface area (Å²) in [7, 11) is 0. The fourth-order valence-electron chi connectivity index (χ4n) is 2.88. The lowest BCUT2D eigenvalue weighted by Gasteiger charge is -2.17. The fourth-order valence-corrected chi connectivity index (χ4v) is 2.88. The van der Waals surface area contributed by atoms with Gasteiger partial charge in [-0.1, -0.05) is 6.07 Å². The van der Waals surface area contributed by atoms with Crippen molar-refractivity contribution in [1.82, 2.24) is 21.2 Å². The molecule has 0 aliphatic carbocycles. The largest absolute Gasteiger partial charge is 0.475 e. The van der Waals surface area contributed by atoms with E-state index >= 15 is 0 Å². The minimum atomic E-state index is 0.144. The van der Waals surface area contributed by atoms with Gasteiger partial charge in [-0.2, -0.15) is 0 Å². The normalized spacial score (nSPS) is 20.7. The molecule has 3 heterocycles. The van der Waals surface area contributed by atoms with Gasteiger partial charge >= 0.3 is 0 Å². The second kappa shape index (κ2) is 7.79. The van der Waals surface area contributed by atoms with Crippen molar-refractivity contribution in [1.29, 1.82) is 0 Å². The van der Waals surface area contributed by atoms with Crippen LogP contribution in [0, 0.1) is 12.8 Å². The maximum atomic E-state index is 5.75. The maximum Gasteiger partial charge on any atom is 0.213 e. The number of hydrogen-bond donors (Lipinski definition) is 3. The van der Waals surface area contributed by atoms with Crippen LogP contribution in [0.4, 0.5) is 0 Å². The highest BCUT2D eigenvalue weighted by atomic mass is 16.5. The summed E-state index contributed by atoms with van der Waals surface area (Å²) >= 11 is 0. The average Bonchev–Trinajstić information content (AvgIpc) is 3.17. The van der Waals surface area contributed by atoms with Crippen LogP contribution in [0.3, 0.4) is 0 Å². The molecule has 0 saturated carbocycles. The van der Waals surface area contributed by atoms with Crippen molar-refractivity contribution in [3.63, 3.8) is 0 Å². The average molecular weight is 330 g/mol. The predicted octanol–water partition coefficient (Wildman–Crippen LogP) is 2.33. The van der Waals surface area contributed by atoms with Gasteiger partial charge in [0.05, 0.1) is 12.1 Å². The summed E-state index contributed by atoms with van der Waals surface area (Å²) in [4.78, 5) is 4.33. The fraction of sp³-hybridized carbons (Fsp3) is 0.500. The van der Waals surface area contributed by atoms with E-state index in [9.17, 15) is 0 Å². The topological polar surface area (TPSA) is 71.3 Å². The molecule has 0 aromatic carbocycles. The van der Waals surface area contributed by atoms with Gasteiger partial charge < -0.3 is 14.5 Å². The SMILES string of the molecule is Cc1ccc(C2NNCC2CNCc2ccc(OC(C)C)nc2)o1. The van der Waals surface area contributed by atoms with Crippen LogP contribution in [0.1, 0.15) is 37.0 Å². The first-order valence-corrected chi connectivity index (χ1v) is 8.49. The van der Waals surface area contributed by atoms with Crippen LogP contribution in [-0.2, 0) is 6.54 Å². The van der Waals surface area contributed by atoms with Crippen LogP contribution >= 0.6 is 0 Å². The highest BCUT2D eigenvalue weighted by Gasteiger charge is 2.30. The lowest BCUT2D eigenvalue weighted by atomic mass is 10.00. The molecule has 130 valence electrons. The van der Waals surface area contributed by atoms with Gasteiger partial charge in [-0.05, 0) is 38.5 Å². The minimum absolute atomic E-state index is 0.144. The summed E-state index contributed by atoms with van der Waals surface area (Å²) in [6.45, 7) is 8.56. The van der Waals surface area contributed by atoms with Gasteiger partial charge in [-0.25, -0.2) is 10.4 Å². The lowest BCUT2D eigenvalue weighted by Crippen LogP contribution is -2.28. The third kappa shape index (κ3) is 4.35. The Morgan fingerprint density at radius 3 is 2.88 bits per heavy atom. The Kier molecular flexibility index (Phi) is 5.50. The third-order valence-corrected chi connectivity index (χ3v) is 4.05. The van der Waals surface area contributed by atoms with Gasteiger partial charge in [-0.3, -0.25) is 5.43 Å². The van der Waals surface area contributed by atoms with Crippen LogP contribution in [0.5, 0.6) is 5.88 Å². The van der Waals surface area contributed by atoms with Crippen molar-refractivity contribution in [2.75, 3.05) is 13.1 Å². The van der Waals surface area contributed by atoms with Gasteiger partial charge in [0.15, 0.2) is 0 Å². The van der Waals surface area contributed by atoms with Crippen molar-refractivity contribution in [3.8, 4) is 5.88 Å². The molecule has 0 radical (unpaired) electrons. The van der Waals surface area contributed by atoms with Crippen molar-refractivity contribution in [3.05, 3.63) is 47.5 Å². The first kappa shape index (κ1) is 17.0. The first-order valence-electron chi connectivity index (χ1n) is 8.49. The van der Waals surface area contributed by atoms with E-state index in [2.05, 4.69) is 27.2 Å². The molecule has 2 atom stereocenters. The number of nitrogens with one attached hydrogen (secondary N) is 3. The molecule has 0 bridgehead atoms. The molecule has 3 rings (SSSR count). The van der Waals surface area contributed by atoms with Crippen molar-refractivity contribution < 1.29 is 9.15 Å². The number of nitrogens with zero attached hydrogens (tertiary/aromatic N) is 1. The van der Waals surface area contributed by atoms with Gasteiger partial charge in [0, 0.05) is 37.8 Å². The minimum Gasteiger partial charge on any atom is -0.475 e. The Morgan fingerprint density at radius 2 is 2.21 bits per heavy atom. The van der Waals surface area contributed by atoms with Crippen LogP contribution in [0.2, 0.25) is 0 Å². The van der Waals surface area contributed by atoms with Gasteiger partial charge in [0.25, 0.3) is 0 Å². The summed E-state index contributed by atoms with van der Waals surface area (Å²) in [5.41, 5.74) is 7.67. The zero-order valence-electron chi connectivity index (χ0n) is 14.5. The van der Waals surface area contributed by atoms with E-state index in [-0.39, 0.29) is 12.1 Å². The summed E-state index contributed by atoms with van der Waals surface area (Å²) in [5.74, 6) is 3.04. The Hall–Kier alpha value is -1.89. The molecular weight excluding hydrogens is 304 g/mol. The second-order valence-corrected chi connectivity index (χ2v) is 6.51. The van der Waals surface area contributed by atoms with E-state index in [1.165, 1.54) is 0 Å². The van der Waals surface area contributed by atoms with Gasteiger partial charge in [-0.15, -0.1) is 0 Å². The Morgan fingerprint density at radius 1 is 1.33 bits per heavy atom. The predicted molar refractivity (Wildman–Crippen MR) is 92.5 cm³/mol. The first-order chi connectivity index (χ1) is 11.6. The van der Waals surface area contributed by atoms with Crippen LogP contribution in [0.25, 0.3) is 0 Å². The molecule has 1 aliphatic rings. The molecule has 1 fully saturated rings. The third-order valence-electron chi connectivity index (χ3n) is 4.05. The van der Waals surface area contributed by atoms with Gasteiger partial charge in [0.1, 0.15) is 11.5 Å². The number of hydrogen-bond acceptors (Lipinski definition) is 6. The Balaban J connectivity index is 1.49. The zero-order valence-corrected chi connectivity index (χ0v) is 14.5. The highest BCUT2D eigenvalue weighted by Crippen LogP contribution is 2.26. The standard InChI is InChI=1S/C18H26N4O2/c1-12(2)23-17-7-5-14(9-20-17)8-19-10-15-11-21-22-18(15)16-6-4-13(3)24-16/h4-7,9,12,15,18-19,21-22H,8,10-11H2,1-3H3. The molecule has 1 saturated heterocycles. The molecular formula is C18H26N4O2. The summed E-state index contributed by atoms with van der Waals surface area (Å²) < 4.78 is 11.3. The molecule has 2 aromatic rings. The zero-order chi connectivity index (χ0) is 16.9. The smallest absolute Gasteiger partial charge is 0.213 e. The number of aryl methyl sites for hydroxylation is 1. The molecule has 1 aliphatic heterocycles. The number of pyridine rings is 1. The van der Waals surface area contributed by atoms with E-state index in [0.717, 1.165) is 36.7 Å². The van der Waals surface area contributed by atoms with E-state index in [0.29, 0.717) is 11.8 Å². The van der Waals surface area contributed by atoms with E-state index in [1.54, 1.807) is 0 Å². The van der Waals surface area contributed by atoms with Crippen LogP contribution < -0.4 is 20.9 Å². The molecule has 3 N–H and O–H groups in total. The molecule has 0 spiro atoms. The Bertz CT molecular complexity index is 639. The maximum absolute atomic E-state index is 5.75. The lowest BCUT2D eigenvalue weighted by molar-refractivity contribution is 0.232. The van der Waals surface area contributed by atoms with E-state index in [4.69, 9.17) is 9.15 Å². The molecule has 2 aromatic heterocycles. The van der Waals surface area contributed by atoms with E-state index in [1.807, 2.05) is 45.2 Å². The van der Waals surface area contributed by atoms with Crippen LogP contribution in [0.15, 0.2) is 34.9 Å². The Labute approximate surface area is 143 Å². The molecule has 24 heavy (non-hydrogen) atoms. The number of hydrazine groups is 1. The molecule has 0 amide bonds. The van der Waals surface area contributed by atoms with E-state index < -0.39 is 0 Å². The molecule has 2 unspecified atom stereocenters. The summed E-state index contributed by atoms with van der Waals surface area (Å²) in [6.07, 6.45) is 2.01. The summed E-state index contributed by atoms with van der Waals surface area (Å²) in [6, 6.07) is 8.22. The summed E-state index contributed by atoms with van der Waals surface area (Å²) in [5, 5.41) is 3.51. The number of rotatable bonds is 7. The number of ether oxygens (including phenoxy) is 1. The monoisotopic (exact) mass is 330 g/mol. The number of furan rings is 1. The second-order valence-electron chi connectivity index (χ2n) is 6.51. The molecule has 6 nitrogen and oxygen atoms in total. The van der Waals surface area contributed by atoms with Crippen molar-refractivity contribution >= 4 is 0 Å².